The molecule has 0 spiro atoms. The Bertz CT molecular complexity index is 729. The van der Waals surface area contributed by atoms with Gasteiger partial charge in [-0.15, -0.1) is 0 Å². The molecule has 1 aliphatic rings. The first kappa shape index (κ1) is 13.2. The highest BCUT2D eigenvalue weighted by Crippen LogP contribution is 2.39. The molecule has 3 heteroatoms. The van der Waals surface area contributed by atoms with E-state index < -0.39 is 0 Å². The Morgan fingerprint density at radius 1 is 0.952 bits per heavy atom. The molecule has 2 aromatic rings. The van der Waals surface area contributed by atoms with E-state index in [4.69, 9.17) is 10.5 Å². The molecule has 0 amide bonds. The molecule has 0 radical (unpaired) electrons. The Morgan fingerprint density at radius 3 is 2.29 bits per heavy atom. The summed E-state index contributed by atoms with van der Waals surface area (Å²) in [5, 5.41) is 21.2. The van der Waals surface area contributed by atoms with E-state index in [0.717, 1.165) is 11.6 Å². The number of nitrogens with one attached hydrogen (secondary N) is 1. The summed E-state index contributed by atoms with van der Waals surface area (Å²) >= 11 is 0. The monoisotopic (exact) mass is 273 g/mol. The van der Waals surface area contributed by atoms with Crippen molar-refractivity contribution >= 4 is 5.69 Å². The maximum Gasteiger partial charge on any atom is 0.101 e. The molecule has 21 heavy (non-hydrogen) atoms. The van der Waals surface area contributed by atoms with Gasteiger partial charge in [-0.25, -0.2) is 0 Å². The average molecular weight is 273 g/mol. The first-order chi connectivity index (χ1) is 10.3. The number of anilines is 1. The molecule has 2 aromatic carbocycles. The van der Waals surface area contributed by atoms with Crippen molar-refractivity contribution in [3.05, 3.63) is 64.7 Å². The van der Waals surface area contributed by atoms with Crippen LogP contribution < -0.4 is 5.32 Å². The van der Waals surface area contributed by atoms with Crippen LogP contribution in [0.2, 0.25) is 0 Å². The van der Waals surface area contributed by atoms with Gasteiger partial charge in [-0.3, -0.25) is 0 Å². The van der Waals surface area contributed by atoms with Crippen molar-refractivity contribution in [2.45, 2.75) is 25.3 Å². The molecule has 1 N–H and O–H groups in total. The van der Waals surface area contributed by atoms with Crippen LogP contribution in [0.25, 0.3) is 0 Å². The van der Waals surface area contributed by atoms with Crippen LogP contribution in [0, 0.1) is 22.7 Å². The van der Waals surface area contributed by atoms with E-state index in [-0.39, 0.29) is 0 Å². The van der Waals surface area contributed by atoms with Crippen molar-refractivity contribution in [2.24, 2.45) is 0 Å². The zero-order valence-electron chi connectivity index (χ0n) is 11.6. The van der Waals surface area contributed by atoms with Crippen LogP contribution in [0.4, 0.5) is 5.69 Å². The fraction of sp³-hybridized carbons (Fsp3) is 0.222. The van der Waals surface area contributed by atoms with Crippen LogP contribution >= 0.6 is 0 Å². The first-order valence-electron chi connectivity index (χ1n) is 7.07. The SMILES string of the molecule is N#Cc1ccc(NCc2ccc(C3CC3)cc2)cc1C#N. The summed E-state index contributed by atoms with van der Waals surface area (Å²) in [6.07, 6.45) is 2.64. The summed E-state index contributed by atoms with van der Waals surface area (Å²) in [6.45, 7) is 0.710. The molecule has 0 atom stereocenters. The minimum absolute atomic E-state index is 0.409. The fourth-order valence-electron chi connectivity index (χ4n) is 2.37. The topological polar surface area (TPSA) is 59.6 Å². The summed E-state index contributed by atoms with van der Waals surface area (Å²) in [4.78, 5) is 0. The summed E-state index contributed by atoms with van der Waals surface area (Å²) in [7, 11) is 0. The van der Waals surface area contributed by atoms with Crippen molar-refractivity contribution in [1.82, 2.24) is 0 Å². The second-order valence-corrected chi connectivity index (χ2v) is 5.35. The van der Waals surface area contributed by atoms with Gasteiger partial charge in [0.15, 0.2) is 0 Å². The molecule has 0 saturated heterocycles. The molecular formula is C18H15N3. The number of nitrogens with zero attached hydrogens (tertiary/aromatic N) is 2. The molecule has 102 valence electrons. The third-order valence-electron chi connectivity index (χ3n) is 3.79. The van der Waals surface area contributed by atoms with Crippen LogP contribution in [0.5, 0.6) is 0 Å². The van der Waals surface area contributed by atoms with Gasteiger partial charge in [0.25, 0.3) is 0 Å². The molecule has 0 aromatic heterocycles. The quantitative estimate of drug-likeness (QED) is 0.918. The highest BCUT2D eigenvalue weighted by atomic mass is 14.9. The molecule has 1 saturated carbocycles. The Balaban J connectivity index is 1.67. The number of hydrogen-bond acceptors (Lipinski definition) is 3. The molecule has 0 heterocycles. The third kappa shape index (κ3) is 3.04. The maximum atomic E-state index is 9.02. The van der Waals surface area contributed by atoms with Crippen LogP contribution in [0.15, 0.2) is 42.5 Å². The summed E-state index contributed by atoms with van der Waals surface area (Å²) in [5.41, 5.74) is 4.33. The molecule has 1 fully saturated rings. The van der Waals surface area contributed by atoms with Crippen molar-refractivity contribution in [3.63, 3.8) is 0 Å². The van der Waals surface area contributed by atoms with Crippen LogP contribution in [0.3, 0.4) is 0 Å². The van der Waals surface area contributed by atoms with Gasteiger partial charge in [0.2, 0.25) is 0 Å². The van der Waals surface area contributed by atoms with E-state index in [0.29, 0.717) is 17.7 Å². The Labute approximate surface area is 124 Å². The van der Waals surface area contributed by atoms with Crippen LogP contribution in [0.1, 0.15) is 41.0 Å². The molecular weight excluding hydrogens is 258 g/mol. The molecule has 0 unspecified atom stereocenters. The second kappa shape index (κ2) is 5.69. The third-order valence-corrected chi connectivity index (χ3v) is 3.79. The molecule has 3 nitrogen and oxygen atoms in total. The largest absolute Gasteiger partial charge is 0.381 e. The predicted molar refractivity (Wildman–Crippen MR) is 81.6 cm³/mol. The van der Waals surface area contributed by atoms with Gasteiger partial charge in [-0.1, -0.05) is 24.3 Å². The van der Waals surface area contributed by atoms with E-state index >= 15 is 0 Å². The molecule has 0 aliphatic heterocycles. The number of benzene rings is 2. The van der Waals surface area contributed by atoms with Crippen molar-refractivity contribution in [3.8, 4) is 12.1 Å². The van der Waals surface area contributed by atoms with Gasteiger partial charge in [-0.2, -0.15) is 10.5 Å². The molecule has 0 bridgehead atoms. The lowest BCUT2D eigenvalue weighted by molar-refractivity contribution is 1.10. The zero-order chi connectivity index (χ0) is 14.7. The summed E-state index contributed by atoms with van der Waals surface area (Å²) in [5.74, 6) is 0.781. The number of rotatable bonds is 4. The van der Waals surface area contributed by atoms with Crippen LogP contribution in [-0.2, 0) is 6.54 Å². The van der Waals surface area contributed by atoms with Gasteiger partial charge in [0.05, 0.1) is 11.1 Å². The predicted octanol–water partition coefficient (Wildman–Crippen LogP) is 3.92. The van der Waals surface area contributed by atoms with Crippen molar-refractivity contribution in [1.29, 1.82) is 10.5 Å². The van der Waals surface area contributed by atoms with Gasteiger partial charge in [0, 0.05) is 12.2 Å². The molecule has 3 rings (SSSR count). The van der Waals surface area contributed by atoms with Crippen LogP contribution in [-0.4, -0.2) is 0 Å². The zero-order valence-corrected chi connectivity index (χ0v) is 11.6. The van der Waals surface area contributed by atoms with E-state index in [9.17, 15) is 0 Å². The van der Waals surface area contributed by atoms with Gasteiger partial charge >= 0.3 is 0 Å². The Morgan fingerprint density at radius 2 is 1.67 bits per heavy atom. The minimum Gasteiger partial charge on any atom is -0.381 e. The normalized spacial score (nSPS) is 13.2. The Kier molecular flexibility index (Phi) is 3.58. The number of hydrogen-bond donors (Lipinski definition) is 1. The smallest absolute Gasteiger partial charge is 0.101 e. The standard InChI is InChI=1S/C18H15N3/c19-10-16-7-8-18(9-17(16)11-20)21-12-13-1-3-14(4-2-13)15-5-6-15/h1-4,7-9,15,21H,5-6,12H2. The minimum atomic E-state index is 0.409. The van der Waals surface area contributed by atoms with E-state index in [2.05, 4.69) is 29.6 Å². The summed E-state index contributed by atoms with van der Waals surface area (Å²) < 4.78 is 0. The first-order valence-corrected chi connectivity index (χ1v) is 7.07. The fourth-order valence-corrected chi connectivity index (χ4v) is 2.37. The maximum absolute atomic E-state index is 9.02. The van der Waals surface area contributed by atoms with Crippen molar-refractivity contribution in [2.75, 3.05) is 5.32 Å². The van der Waals surface area contributed by atoms with E-state index in [1.807, 2.05) is 18.2 Å². The second-order valence-electron chi connectivity index (χ2n) is 5.35. The van der Waals surface area contributed by atoms with Gasteiger partial charge in [0.1, 0.15) is 12.1 Å². The van der Waals surface area contributed by atoms with E-state index in [1.54, 1.807) is 12.1 Å². The lowest BCUT2D eigenvalue weighted by Crippen LogP contribution is -2.00. The molecule has 1 aliphatic carbocycles. The Hall–Kier alpha value is -2.78. The summed E-state index contributed by atoms with van der Waals surface area (Å²) in [6, 6.07) is 18.0. The highest BCUT2D eigenvalue weighted by molar-refractivity contribution is 5.56. The van der Waals surface area contributed by atoms with Crippen molar-refractivity contribution < 1.29 is 0 Å². The van der Waals surface area contributed by atoms with E-state index in [1.165, 1.54) is 24.0 Å². The lowest BCUT2D eigenvalue weighted by Gasteiger charge is -2.08. The highest BCUT2D eigenvalue weighted by Gasteiger charge is 2.22. The van der Waals surface area contributed by atoms with Gasteiger partial charge in [-0.05, 0) is 48.1 Å². The van der Waals surface area contributed by atoms with Gasteiger partial charge < -0.3 is 5.32 Å². The average Bonchev–Trinajstić information content (AvgIpc) is 3.38. The lowest BCUT2D eigenvalue weighted by atomic mass is 10.1. The number of nitriles is 2.